The van der Waals surface area contributed by atoms with Crippen molar-refractivity contribution in [3.63, 3.8) is 0 Å². The third-order valence-electron chi connectivity index (χ3n) is 5.90. The van der Waals surface area contributed by atoms with E-state index in [9.17, 15) is 4.39 Å². The van der Waals surface area contributed by atoms with E-state index in [0.717, 1.165) is 34.1 Å². The summed E-state index contributed by atoms with van der Waals surface area (Å²) in [5.41, 5.74) is 6.45. The fourth-order valence-electron chi connectivity index (χ4n) is 3.99. The number of aromatic nitrogens is 1. The fourth-order valence-corrected chi connectivity index (χ4v) is 5.18. The van der Waals surface area contributed by atoms with E-state index in [2.05, 4.69) is 90.3 Å². The molecule has 0 saturated carbocycles. The Morgan fingerprint density at radius 3 is 2.27 bits per heavy atom. The van der Waals surface area contributed by atoms with Gasteiger partial charge in [-0.05, 0) is 69.5 Å². The maximum atomic E-state index is 13.5. The van der Waals surface area contributed by atoms with Gasteiger partial charge in [-0.3, -0.25) is 0 Å². The Labute approximate surface area is 211 Å². The number of anilines is 1. The molecule has 0 amide bonds. The van der Waals surface area contributed by atoms with Crippen LogP contribution in [0.4, 0.5) is 9.52 Å². The van der Waals surface area contributed by atoms with Gasteiger partial charge in [0, 0.05) is 20.9 Å². The molecule has 0 aliphatic carbocycles. The highest BCUT2D eigenvalue weighted by Gasteiger charge is 2.31. The molecule has 1 atom stereocenters. The van der Waals surface area contributed by atoms with Crippen molar-refractivity contribution >= 4 is 44.8 Å². The Hall–Kier alpha value is -2.58. The van der Waals surface area contributed by atoms with E-state index >= 15 is 0 Å². The molecular formula is C27H23FIN3S. The van der Waals surface area contributed by atoms with Crippen molar-refractivity contribution in [2.24, 2.45) is 5.10 Å². The van der Waals surface area contributed by atoms with Crippen LogP contribution in [0.25, 0.3) is 11.3 Å². The zero-order chi connectivity index (χ0) is 22.9. The maximum absolute atomic E-state index is 13.5. The molecule has 1 aliphatic rings. The SMILES string of the molecule is CC(C)c1ccc([C@@H]2CC(c3ccc(F)cc3)=NN2c2nc(-c3ccc(I)cc3)cs2)cc1. The van der Waals surface area contributed by atoms with E-state index < -0.39 is 0 Å². The molecule has 6 heteroatoms. The molecule has 1 aromatic heterocycles. The first-order chi connectivity index (χ1) is 16.0. The lowest BCUT2D eigenvalue weighted by atomic mass is 9.95. The minimum absolute atomic E-state index is 0.0435. The van der Waals surface area contributed by atoms with Crippen molar-refractivity contribution in [2.45, 2.75) is 32.2 Å². The molecule has 0 radical (unpaired) electrons. The number of benzene rings is 3. The van der Waals surface area contributed by atoms with Gasteiger partial charge in [0.1, 0.15) is 5.82 Å². The van der Waals surface area contributed by atoms with Crippen molar-refractivity contribution in [1.29, 1.82) is 0 Å². The third-order valence-corrected chi connectivity index (χ3v) is 7.45. The van der Waals surface area contributed by atoms with Gasteiger partial charge < -0.3 is 0 Å². The molecule has 2 heterocycles. The van der Waals surface area contributed by atoms with Gasteiger partial charge in [0.05, 0.1) is 17.4 Å². The highest BCUT2D eigenvalue weighted by atomic mass is 127. The molecule has 33 heavy (non-hydrogen) atoms. The summed E-state index contributed by atoms with van der Waals surface area (Å²) in [4.78, 5) is 4.93. The normalized spacial score (nSPS) is 15.8. The topological polar surface area (TPSA) is 28.5 Å². The van der Waals surface area contributed by atoms with Crippen molar-refractivity contribution < 1.29 is 4.39 Å². The van der Waals surface area contributed by atoms with Crippen molar-refractivity contribution in [3.8, 4) is 11.3 Å². The summed E-state index contributed by atoms with van der Waals surface area (Å²) in [6, 6.07) is 23.8. The van der Waals surface area contributed by atoms with Crippen LogP contribution in [0.2, 0.25) is 0 Å². The molecule has 3 aromatic carbocycles. The van der Waals surface area contributed by atoms with Gasteiger partial charge in [-0.15, -0.1) is 11.3 Å². The van der Waals surface area contributed by atoms with Gasteiger partial charge in [-0.25, -0.2) is 14.4 Å². The summed E-state index contributed by atoms with van der Waals surface area (Å²) in [5, 5.41) is 9.95. The molecular weight excluding hydrogens is 544 g/mol. The monoisotopic (exact) mass is 567 g/mol. The van der Waals surface area contributed by atoms with E-state index in [-0.39, 0.29) is 11.9 Å². The number of nitrogens with zero attached hydrogens (tertiary/aromatic N) is 3. The van der Waals surface area contributed by atoms with Crippen molar-refractivity contribution in [2.75, 3.05) is 5.01 Å². The van der Waals surface area contributed by atoms with E-state index in [4.69, 9.17) is 10.1 Å². The quantitative estimate of drug-likeness (QED) is 0.229. The molecule has 0 fully saturated rings. The number of rotatable bonds is 5. The second-order valence-electron chi connectivity index (χ2n) is 8.46. The van der Waals surface area contributed by atoms with E-state index in [1.54, 1.807) is 23.5 Å². The number of halogens is 2. The summed E-state index contributed by atoms with van der Waals surface area (Å²) >= 11 is 3.91. The first-order valence-electron chi connectivity index (χ1n) is 10.9. The Balaban J connectivity index is 1.51. The van der Waals surface area contributed by atoms with Crippen LogP contribution in [-0.4, -0.2) is 10.7 Å². The molecule has 0 spiro atoms. The average molecular weight is 567 g/mol. The molecule has 4 aromatic rings. The lowest BCUT2D eigenvalue weighted by Crippen LogP contribution is -2.18. The zero-order valence-corrected chi connectivity index (χ0v) is 21.3. The predicted octanol–water partition coefficient (Wildman–Crippen LogP) is 8.03. The number of hydrogen-bond donors (Lipinski definition) is 0. The standard InChI is InChI=1S/C27H23FIN3S/c1-17(2)18-3-5-21(6-4-18)26-15-24(19-7-11-22(28)12-8-19)31-32(26)27-30-25(16-33-27)20-9-13-23(29)14-10-20/h3-14,16-17,26H,15H2,1-2H3/t26-/m0/s1. The van der Waals surface area contributed by atoms with Crippen molar-refractivity contribution in [1.82, 2.24) is 4.98 Å². The van der Waals surface area contributed by atoms with Crippen LogP contribution in [0.1, 0.15) is 48.9 Å². The summed E-state index contributed by atoms with van der Waals surface area (Å²) in [6.07, 6.45) is 0.741. The molecule has 3 nitrogen and oxygen atoms in total. The van der Waals surface area contributed by atoms with Crippen LogP contribution < -0.4 is 5.01 Å². The average Bonchev–Trinajstić information content (AvgIpc) is 3.48. The Morgan fingerprint density at radius 1 is 0.939 bits per heavy atom. The summed E-state index contributed by atoms with van der Waals surface area (Å²) in [6.45, 7) is 4.41. The molecule has 0 N–H and O–H groups in total. The lowest BCUT2D eigenvalue weighted by Gasteiger charge is -2.21. The minimum atomic E-state index is -0.239. The Bertz CT molecular complexity index is 1280. The number of hydrazone groups is 1. The molecule has 0 bridgehead atoms. The second kappa shape index (κ2) is 9.35. The predicted molar refractivity (Wildman–Crippen MR) is 144 cm³/mol. The van der Waals surface area contributed by atoms with Crippen LogP contribution in [-0.2, 0) is 0 Å². The lowest BCUT2D eigenvalue weighted by molar-refractivity contribution is 0.627. The Morgan fingerprint density at radius 2 is 1.61 bits per heavy atom. The van der Waals surface area contributed by atoms with Gasteiger partial charge in [0.25, 0.3) is 0 Å². The van der Waals surface area contributed by atoms with Gasteiger partial charge in [0.2, 0.25) is 5.13 Å². The highest BCUT2D eigenvalue weighted by Crippen LogP contribution is 2.39. The number of thiazole rings is 1. The summed E-state index contributed by atoms with van der Waals surface area (Å²) in [5.74, 6) is 0.248. The van der Waals surface area contributed by atoms with Crippen LogP contribution in [0.3, 0.4) is 0 Å². The van der Waals surface area contributed by atoms with Crippen molar-refractivity contribution in [3.05, 3.63) is 104 Å². The minimum Gasteiger partial charge on any atom is -0.231 e. The Kier molecular flexibility index (Phi) is 6.29. The van der Waals surface area contributed by atoms with Crippen LogP contribution in [0.15, 0.2) is 83.3 Å². The summed E-state index contributed by atoms with van der Waals surface area (Å²) < 4.78 is 14.7. The van der Waals surface area contributed by atoms with E-state index in [1.165, 1.54) is 26.8 Å². The third kappa shape index (κ3) is 4.73. The van der Waals surface area contributed by atoms with Gasteiger partial charge in [0.15, 0.2) is 0 Å². The summed E-state index contributed by atoms with van der Waals surface area (Å²) in [7, 11) is 0. The smallest absolute Gasteiger partial charge is 0.207 e. The number of hydrogen-bond acceptors (Lipinski definition) is 4. The molecule has 1 aliphatic heterocycles. The van der Waals surface area contributed by atoms with Gasteiger partial charge in [-0.1, -0.05) is 62.4 Å². The highest BCUT2D eigenvalue weighted by molar-refractivity contribution is 14.1. The van der Waals surface area contributed by atoms with Gasteiger partial charge in [-0.2, -0.15) is 5.10 Å². The van der Waals surface area contributed by atoms with Crippen LogP contribution >= 0.6 is 33.9 Å². The maximum Gasteiger partial charge on any atom is 0.207 e. The first-order valence-corrected chi connectivity index (χ1v) is 12.9. The molecule has 0 saturated heterocycles. The molecule has 0 unspecified atom stereocenters. The first kappa shape index (κ1) is 22.2. The molecule has 166 valence electrons. The second-order valence-corrected chi connectivity index (χ2v) is 10.5. The fraction of sp³-hybridized carbons (Fsp3) is 0.185. The van der Waals surface area contributed by atoms with Crippen LogP contribution in [0, 0.1) is 9.39 Å². The molecule has 5 rings (SSSR count). The van der Waals surface area contributed by atoms with E-state index in [1.807, 2.05) is 5.01 Å². The zero-order valence-electron chi connectivity index (χ0n) is 18.4. The largest absolute Gasteiger partial charge is 0.231 e. The van der Waals surface area contributed by atoms with Crippen LogP contribution in [0.5, 0.6) is 0 Å². The van der Waals surface area contributed by atoms with Gasteiger partial charge >= 0.3 is 0 Å². The van der Waals surface area contributed by atoms with E-state index in [0.29, 0.717) is 5.92 Å².